The predicted molar refractivity (Wildman–Crippen MR) is 98.2 cm³/mol. The minimum absolute atomic E-state index is 0.0689. The van der Waals surface area contributed by atoms with Gasteiger partial charge in [0.2, 0.25) is 5.91 Å². The molecule has 1 heterocycles. The lowest BCUT2D eigenvalue weighted by molar-refractivity contribution is -0.137. The number of hydrogen-bond acceptors (Lipinski definition) is 2. The molecule has 1 fully saturated rings. The molecular formula is C21H23F3N2O. The van der Waals surface area contributed by atoms with Crippen LogP contribution in [-0.2, 0) is 11.0 Å². The molecule has 144 valence electrons. The second-order valence-electron chi connectivity index (χ2n) is 6.87. The molecule has 3 atom stereocenters. The fourth-order valence-electron chi connectivity index (χ4n) is 3.61. The maximum Gasteiger partial charge on any atom is 0.416 e. The molecule has 6 heteroatoms. The maximum absolute atomic E-state index is 12.9. The van der Waals surface area contributed by atoms with Crippen molar-refractivity contribution in [2.75, 3.05) is 13.1 Å². The number of carbonyl (C=O) groups is 1. The first-order valence-electron chi connectivity index (χ1n) is 9.13. The first-order valence-corrected chi connectivity index (χ1v) is 9.13. The molecule has 0 bridgehead atoms. The summed E-state index contributed by atoms with van der Waals surface area (Å²) in [6.45, 7) is 3.10. The zero-order chi connectivity index (χ0) is 19.4. The molecule has 3 rings (SSSR count). The summed E-state index contributed by atoms with van der Waals surface area (Å²) in [5.74, 6) is -0.513. The van der Waals surface area contributed by atoms with E-state index in [2.05, 4.69) is 10.6 Å². The molecule has 3 unspecified atom stereocenters. The van der Waals surface area contributed by atoms with Gasteiger partial charge in [0, 0.05) is 19.0 Å². The van der Waals surface area contributed by atoms with E-state index in [0.717, 1.165) is 29.7 Å². The zero-order valence-electron chi connectivity index (χ0n) is 15.1. The minimum Gasteiger partial charge on any atom is -0.349 e. The van der Waals surface area contributed by atoms with Crippen LogP contribution in [0.2, 0.25) is 0 Å². The number of nitrogens with one attached hydrogen (secondary N) is 2. The highest BCUT2D eigenvalue weighted by Crippen LogP contribution is 2.33. The first-order chi connectivity index (χ1) is 12.9. The summed E-state index contributed by atoms with van der Waals surface area (Å²) in [5.41, 5.74) is 1.12. The van der Waals surface area contributed by atoms with E-state index in [1.54, 1.807) is 0 Å². The van der Waals surface area contributed by atoms with Crippen LogP contribution in [0, 0.1) is 5.92 Å². The largest absolute Gasteiger partial charge is 0.416 e. The van der Waals surface area contributed by atoms with Crippen LogP contribution in [0.3, 0.4) is 0 Å². The van der Waals surface area contributed by atoms with Crippen LogP contribution < -0.4 is 10.6 Å². The highest BCUT2D eigenvalue weighted by atomic mass is 19.4. The van der Waals surface area contributed by atoms with E-state index in [-0.39, 0.29) is 23.8 Å². The van der Waals surface area contributed by atoms with E-state index >= 15 is 0 Å². The van der Waals surface area contributed by atoms with Gasteiger partial charge in [0.1, 0.15) is 0 Å². The molecule has 0 spiro atoms. The lowest BCUT2D eigenvalue weighted by Gasteiger charge is -2.23. The van der Waals surface area contributed by atoms with Crippen molar-refractivity contribution in [3.05, 3.63) is 71.3 Å². The van der Waals surface area contributed by atoms with Crippen LogP contribution in [0.1, 0.15) is 42.0 Å². The summed E-state index contributed by atoms with van der Waals surface area (Å²) < 4.78 is 38.3. The zero-order valence-corrected chi connectivity index (χ0v) is 15.1. The second-order valence-corrected chi connectivity index (χ2v) is 6.87. The van der Waals surface area contributed by atoms with Gasteiger partial charge in [-0.25, -0.2) is 0 Å². The molecule has 0 saturated carbocycles. The normalized spacial score (nSPS) is 21.0. The Hall–Kier alpha value is -2.34. The lowest BCUT2D eigenvalue weighted by Crippen LogP contribution is -2.36. The average molecular weight is 376 g/mol. The molecule has 27 heavy (non-hydrogen) atoms. The number of benzene rings is 2. The van der Waals surface area contributed by atoms with Crippen molar-refractivity contribution in [2.45, 2.75) is 31.5 Å². The molecular weight excluding hydrogens is 353 g/mol. The van der Waals surface area contributed by atoms with Crippen molar-refractivity contribution < 1.29 is 18.0 Å². The number of rotatable bonds is 5. The Labute approximate surface area is 157 Å². The van der Waals surface area contributed by atoms with Crippen LogP contribution in [0.25, 0.3) is 0 Å². The van der Waals surface area contributed by atoms with Gasteiger partial charge in [0.05, 0.1) is 17.5 Å². The molecule has 0 aliphatic carbocycles. The fraction of sp³-hybridized carbons (Fsp3) is 0.381. The standard InChI is InChI=1S/C21H23F3N2O/c1-2-19(15-6-4-3-5-7-15)26-20(27)18-13-25-12-17(18)14-8-10-16(11-9-14)21(22,23)24/h3-11,17-19,25H,2,12-13H2,1H3,(H,26,27). The smallest absolute Gasteiger partial charge is 0.349 e. The number of halogens is 3. The van der Waals surface area contributed by atoms with E-state index in [9.17, 15) is 18.0 Å². The second kappa shape index (κ2) is 8.13. The molecule has 0 radical (unpaired) electrons. The summed E-state index contributed by atoms with van der Waals surface area (Å²) >= 11 is 0. The number of amides is 1. The highest BCUT2D eigenvalue weighted by Gasteiger charge is 2.36. The summed E-state index contributed by atoms with van der Waals surface area (Å²) in [5, 5.41) is 6.30. The Morgan fingerprint density at radius 3 is 2.37 bits per heavy atom. The van der Waals surface area contributed by atoms with Crippen molar-refractivity contribution in [3.63, 3.8) is 0 Å². The molecule has 1 aliphatic heterocycles. The van der Waals surface area contributed by atoms with E-state index in [4.69, 9.17) is 0 Å². The third kappa shape index (κ3) is 4.50. The summed E-state index contributed by atoms with van der Waals surface area (Å²) in [7, 11) is 0. The highest BCUT2D eigenvalue weighted by molar-refractivity contribution is 5.81. The molecule has 2 aromatic rings. The molecule has 1 saturated heterocycles. The van der Waals surface area contributed by atoms with Crippen molar-refractivity contribution in [1.82, 2.24) is 10.6 Å². The van der Waals surface area contributed by atoms with Crippen LogP contribution in [0.5, 0.6) is 0 Å². The molecule has 2 aromatic carbocycles. The van der Waals surface area contributed by atoms with Gasteiger partial charge in [-0.05, 0) is 29.7 Å². The van der Waals surface area contributed by atoms with Gasteiger partial charge in [-0.3, -0.25) is 4.79 Å². The van der Waals surface area contributed by atoms with Crippen molar-refractivity contribution in [2.24, 2.45) is 5.92 Å². The molecule has 3 nitrogen and oxygen atoms in total. The summed E-state index contributed by atoms with van der Waals surface area (Å²) in [6, 6.07) is 14.8. The summed E-state index contributed by atoms with van der Waals surface area (Å²) in [6.07, 6.45) is -3.59. The summed E-state index contributed by atoms with van der Waals surface area (Å²) in [4.78, 5) is 12.9. The Bertz CT molecular complexity index is 759. The monoisotopic (exact) mass is 376 g/mol. The quantitative estimate of drug-likeness (QED) is 0.818. The Balaban J connectivity index is 1.72. The van der Waals surface area contributed by atoms with Gasteiger partial charge in [0.15, 0.2) is 0 Å². The van der Waals surface area contributed by atoms with Gasteiger partial charge in [-0.1, -0.05) is 49.4 Å². The van der Waals surface area contributed by atoms with Gasteiger partial charge in [0.25, 0.3) is 0 Å². The topological polar surface area (TPSA) is 41.1 Å². The number of carbonyl (C=O) groups excluding carboxylic acids is 1. The third-order valence-corrected chi connectivity index (χ3v) is 5.14. The van der Waals surface area contributed by atoms with E-state index < -0.39 is 11.7 Å². The molecule has 1 aliphatic rings. The first kappa shape index (κ1) is 19.4. The van der Waals surface area contributed by atoms with Gasteiger partial charge >= 0.3 is 6.18 Å². The fourth-order valence-corrected chi connectivity index (χ4v) is 3.61. The van der Waals surface area contributed by atoms with Crippen LogP contribution in [0.4, 0.5) is 13.2 Å². The lowest BCUT2D eigenvalue weighted by atomic mass is 9.87. The van der Waals surface area contributed by atoms with Crippen molar-refractivity contribution in [3.8, 4) is 0 Å². The van der Waals surface area contributed by atoms with Crippen LogP contribution in [0.15, 0.2) is 54.6 Å². The van der Waals surface area contributed by atoms with Crippen molar-refractivity contribution >= 4 is 5.91 Å². The van der Waals surface area contributed by atoms with Crippen LogP contribution in [-0.4, -0.2) is 19.0 Å². The van der Waals surface area contributed by atoms with E-state index in [1.807, 2.05) is 37.3 Å². The van der Waals surface area contributed by atoms with Crippen molar-refractivity contribution in [1.29, 1.82) is 0 Å². The Morgan fingerprint density at radius 2 is 1.78 bits per heavy atom. The van der Waals surface area contributed by atoms with Crippen LogP contribution >= 0.6 is 0 Å². The number of alkyl halides is 3. The van der Waals surface area contributed by atoms with E-state index in [0.29, 0.717) is 13.1 Å². The molecule has 0 aromatic heterocycles. The minimum atomic E-state index is -4.35. The van der Waals surface area contributed by atoms with Gasteiger partial charge in [-0.2, -0.15) is 13.2 Å². The molecule has 2 N–H and O–H groups in total. The van der Waals surface area contributed by atoms with Gasteiger partial charge in [-0.15, -0.1) is 0 Å². The predicted octanol–water partition coefficient (Wildman–Crippen LogP) is 4.28. The molecule has 1 amide bonds. The Morgan fingerprint density at radius 1 is 1.11 bits per heavy atom. The third-order valence-electron chi connectivity index (χ3n) is 5.14. The van der Waals surface area contributed by atoms with E-state index in [1.165, 1.54) is 12.1 Å². The van der Waals surface area contributed by atoms with Gasteiger partial charge < -0.3 is 10.6 Å². The Kier molecular flexibility index (Phi) is 5.85. The maximum atomic E-state index is 12.9. The average Bonchev–Trinajstić information content (AvgIpc) is 3.16. The SMILES string of the molecule is CCC(NC(=O)C1CNCC1c1ccc(C(F)(F)F)cc1)c1ccccc1. The number of hydrogen-bond donors (Lipinski definition) is 2.